The number of rotatable bonds is 7. The van der Waals surface area contributed by atoms with Gasteiger partial charge in [-0.2, -0.15) is 0 Å². The average molecular weight is 359 g/mol. The fourth-order valence-corrected chi connectivity index (χ4v) is 3.07. The second-order valence-corrected chi connectivity index (χ2v) is 6.83. The Labute approximate surface area is 161 Å². The number of ketones is 1. The van der Waals surface area contributed by atoms with Gasteiger partial charge >= 0.3 is 0 Å². The Balaban J connectivity index is 1.85. The van der Waals surface area contributed by atoms with Crippen molar-refractivity contribution in [2.24, 2.45) is 0 Å². The number of benzene rings is 3. The van der Waals surface area contributed by atoms with Crippen LogP contribution in [0.3, 0.4) is 0 Å². The molecule has 0 heterocycles. The fourth-order valence-electron chi connectivity index (χ4n) is 3.07. The molecule has 138 valence electrons. The Morgan fingerprint density at radius 2 is 1.63 bits per heavy atom. The van der Waals surface area contributed by atoms with Crippen LogP contribution in [0.15, 0.2) is 72.8 Å². The Morgan fingerprint density at radius 3 is 2.26 bits per heavy atom. The molecule has 27 heavy (non-hydrogen) atoms. The van der Waals surface area contributed by atoms with Crippen molar-refractivity contribution >= 4 is 11.5 Å². The van der Waals surface area contributed by atoms with Crippen molar-refractivity contribution in [2.75, 3.05) is 12.4 Å². The highest BCUT2D eigenvalue weighted by Gasteiger charge is 2.17. The van der Waals surface area contributed by atoms with Crippen molar-refractivity contribution in [3.8, 4) is 5.75 Å². The van der Waals surface area contributed by atoms with Gasteiger partial charge in [-0.05, 0) is 49.2 Å². The standard InChI is InChI=1S/C24H25NO2/c1-17-7-9-20(10-8-17)24(26)16-23(19-11-13-22(27-3)14-12-19)25-21-6-4-5-18(2)15-21/h4-15,23,25H,16H2,1-3H3. The predicted octanol–water partition coefficient (Wildman–Crippen LogP) is 5.74. The third kappa shape index (κ3) is 4.98. The summed E-state index contributed by atoms with van der Waals surface area (Å²) in [5.41, 5.74) is 5.13. The van der Waals surface area contributed by atoms with Crippen LogP contribution in [0.5, 0.6) is 5.75 Å². The summed E-state index contributed by atoms with van der Waals surface area (Å²) in [7, 11) is 1.65. The van der Waals surface area contributed by atoms with Crippen LogP contribution < -0.4 is 10.1 Å². The first-order valence-corrected chi connectivity index (χ1v) is 9.12. The summed E-state index contributed by atoms with van der Waals surface area (Å²) < 4.78 is 5.26. The molecular weight excluding hydrogens is 334 g/mol. The molecule has 0 saturated carbocycles. The minimum absolute atomic E-state index is 0.119. The maximum absolute atomic E-state index is 12.9. The van der Waals surface area contributed by atoms with Crippen LogP contribution in [0.1, 0.15) is 39.5 Å². The van der Waals surface area contributed by atoms with E-state index in [4.69, 9.17) is 4.74 Å². The van der Waals surface area contributed by atoms with Crippen molar-refractivity contribution in [1.29, 1.82) is 0 Å². The zero-order valence-electron chi connectivity index (χ0n) is 16.0. The van der Waals surface area contributed by atoms with Gasteiger partial charge in [-0.25, -0.2) is 0 Å². The quantitative estimate of drug-likeness (QED) is 0.547. The number of ether oxygens (including phenoxy) is 1. The number of carbonyl (C=O) groups excluding carboxylic acids is 1. The SMILES string of the molecule is COc1ccc(C(CC(=O)c2ccc(C)cc2)Nc2cccc(C)c2)cc1. The lowest BCUT2D eigenvalue weighted by molar-refractivity contribution is 0.0976. The van der Waals surface area contributed by atoms with E-state index < -0.39 is 0 Å². The molecule has 0 radical (unpaired) electrons. The summed E-state index contributed by atoms with van der Waals surface area (Å²) in [6, 6.07) is 23.7. The number of anilines is 1. The Hall–Kier alpha value is -3.07. The first-order valence-electron chi connectivity index (χ1n) is 9.12. The third-order valence-electron chi connectivity index (χ3n) is 4.64. The van der Waals surface area contributed by atoms with E-state index in [0.29, 0.717) is 6.42 Å². The van der Waals surface area contributed by atoms with Crippen LogP contribution in [0.4, 0.5) is 5.69 Å². The monoisotopic (exact) mass is 359 g/mol. The normalized spacial score (nSPS) is 11.7. The molecule has 3 rings (SSSR count). The smallest absolute Gasteiger partial charge is 0.165 e. The van der Waals surface area contributed by atoms with E-state index in [0.717, 1.165) is 28.1 Å². The number of methoxy groups -OCH3 is 1. The highest BCUT2D eigenvalue weighted by molar-refractivity contribution is 5.96. The van der Waals surface area contributed by atoms with Gasteiger partial charge in [0, 0.05) is 17.7 Å². The highest BCUT2D eigenvalue weighted by Crippen LogP contribution is 2.26. The minimum atomic E-state index is -0.119. The van der Waals surface area contributed by atoms with Gasteiger partial charge in [0.2, 0.25) is 0 Å². The summed E-state index contributed by atoms with van der Waals surface area (Å²) in [5, 5.41) is 3.52. The first kappa shape index (κ1) is 18.7. The lowest BCUT2D eigenvalue weighted by Gasteiger charge is -2.21. The van der Waals surface area contributed by atoms with Crippen molar-refractivity contribution in [3.63, 3.8) is 0 Å². The molecule has 1 N–H and O–H groups in total. The molecule has 0 aliphatic carbocycles. The maximum Gasteiger partial charge on any atom is 0.165 e. The Bertz CT molecular complexity index is 898. The second kappa shape index (κ2) is 8.54. The molecule has 0 aliphatic rings. The first-order chi connectivity index (χ1) is 13.0. The molecule has 0 bridgehead atoms. The van der Waals surface area contributed by atoms with Gasteiger partial charge in [0.1, 0.15) is 5.75 Å². The molecule has 0 aliphatic heterocycles. The zero-order valence-corrected chi connectivity index (χ0v) is 16.0. The van der Waals surface area contributed by atoms with Crippen LogP contribution >= 0.6 is 0 Å². The molecule has 3 aromatic rings. The van der Waals surface area contributed by atoms with E-state index >= 15 is 0 Å². The number of carbonyl (C=O) groups is 1. The average Bonchev–Trinajstić information content (AvgIpc) is 2.68. The van der Waals surface area contributed by atoms with E-state index in [2.05, 4.69) is 24.4 Å². The molecule has 0 amide bonds. The van der Waals surface area contributed by atoms with E-state index in [1.165, 1.54) is 5.56 Å². The Kier molecular flexibility index (Phi) is 5.92. The van der Waals surface area contributed by atoms with Crippen molar-refractivity contribution < 1.29 is 9.53 Å². The topological polar surface area (TPSA) is 38.3 Å². The molecule has 0 spiro atoms. The minimum Gasteiger partial charge on any atom is -0.497 e. The van der Waals surface area contributed by atoms with E-state index in [-0.39, 0.29) is 11.8 Å². The number of hydrogen-bond donors (Lipinski definition) is 1. The fraction of sp³-hybridized carbons (Fsp3) is 0.208. The van der Waals surface area contributed by atoms with Crippen LogP contribution in [0.2, 0.25) is 0 Å². The Morgan fingerprint density at radius 1 is 0.926 bits per heavy atom. The molecule has 3 aromatic carbocycles. The van der Waals surface area contributed by atoms with Gasteiger partial charge in [-0.1, -0.05) is 54.1 Å². The van der Waals surface area contributed by atoms with Crippen molar-refractivity contribution in [2.45, 2.75) is 26.3 Å². The molecule has 3 nitrogen and oxygen atoms in total. The van der Waals surface area contributed by atoms with Gasteiger partial charge in [-0.3, -0.25) is 4.79 Å². The van der Waals surface area contributed by atoms with Gasteiger partial charge in [0.25, 0.3) is 0 Å². The molecule has 3 heteroatoms. The van der Waals surface area contributed by atoms with E-state index in [9.17, 15) is 4.79 Å². The lowest BCUT2D eigenvalue weighted by Crippen LogP contribution is -2.16. The van der Waals surface area contributed by atoms with Gasteiger partial charge in [0.15, 0.2) is 5.78 Å². The summed E-state index contributed by atoms with van der Waals surface area (Å²) in [6.45, 7) is 4.08. The van der Waals surface area contributed by atoms with Crippen LogP contribution in [-0.4, -0.2) is 12.9 Å². The predicted molar refractivity (Wildman–Crippen MR) is 111 cm³/mol. The van der Waals surface area contributed by atoms with Crippen LogP contribution in [0.25, 0.3) is 0 Å². The highest BCUT2D eigenvalue weighted by atomic mass is 16.5. The maximum atomic E-state index is 12.9. The number of Topliss-reactive ketones (excluding diaryl/α,β-unsaturated/α-hetero) is 1. The lowest BCUT2D eigenvalue weighted by atomic mass is 9.97. The molecule has 1 unspecified atom stereocenters. The summed E-state index contributed by atoms with van der Waals surface area (Å²) in [4.78, 5) is 12.9. The van der Waals surface area contributed by atoms with Gasteiger partial charge in [-0.15, -0.1) is 0 Å². The van der Waals surface area contributed by atoms with Gasteiger partial charge < -0.3 is 10.1 Å². The number of hydrogen-bond acceptors (Lipinski definition) is 3. The zero-order chi connectivity index (χ0) is 19.2. The summed E-state index contributed by atoms with van der Waals surface area (Å²) in [6.07, 6.45) is 0.378. The molecule has 0 fully saturated rings. The van der Waals surface area contributed by atoms with Gasteiger partial charge in [0.05, 0.1) is 13.2 Å². The number of nitrogens with one attached hydrogen (secondary N) is 1. The largest absolute Gasteiger partial charge is 0.497 e. The van der Waals surface area contributed by atoms with Crippen molar-refractivity contribution in [3.05, 3.63) is 95.1 Å². The van der Waals surface area contributed by atoms with Crippen molar-refractivity contribution in [1.82, 2.24) is 0 Å². The van der Waals surface area contributed by atoms with Crippen LogP contribution in [-0.2, 0) is 0 Å². The summed E-state index contributed by atoms with van der Waals surface area (Å²) in [5.74, 6) is 0.925. The second-order valence-electron chi connectivity index (χ2n) is 6.83. The van der Waals surface area contributed by atoms with E-state index in [1.807, 2.05) is 67.6 Å². The molecular formula is C24H25NO2. The van der Waals surface area contributed by atoms with Crippen LogP contribution in [0, 0.1) is 13.8 Å². The van der Waals surface area contributed by atoms with E-state index in [1.54, 1.807) is 7.11 Å². The molecule has 0 saturated heterocycles. The summed E-state index contributed by atoms with van der Waals surface area (Å²) >= 11 is 0. The third-order valence-corrected chi connectivity index (χ3v) is 4.64. The molecule has 0 aromatic heterocycles. The number of aryl methyl sites for hydroxylation is 2. The molecule has 1 atom stereocenters.